The molecule has 0 aromatic heterocycles. The number of amides is 1. The number of carbonyl (C=O) groups is 1. The second-order valence-electron chi connectivity index (χ2n) is 5.30. The van der Waals surface area contributed by atoms with E-state index in [9.17, 15) is 26.7 Å². The lowest BCUT2D eigenvalue weighted by Crippen LogP contribution is -2.39. The third-order valence-corrected chi connectivity index (χ3v) is 6.49. The minimum atomic E-state index is -2.42. The molecule has 0 saturated carbocycles. The molecule has 0 bridgehead atoms. The molecule has 0 unspecified atom stereocenters. The highest BCUT2D eigenvalue weighted by Gasteiger charge is 2.31. The topological polar surface area (TPSA) is 47.6 Å². The Labute approximate surface area is 143 Å². The van der Waals surface area contributed by atoms with Gasteiger partial charge in [-0.2, -0.15) is 0 Å². The third kappa shape index (κ3) is 5.22. The van der Waals surface area contributed by atoms with E-state index in [1.54, 1.807) is 0 Å². The van der Waals surface area contributed by atoms with Crippen LogP contribution in [0.3, 0.4) is 0 Å². The van der Waals surface area contributed by atoms with Gasteiger partial charge < -0.3 is 14.2 Å². The highest BCUT2D eigenvalue weighted by Crippen LogP contribution is 2.23. The van der Waals surface area contributed by atoms with Crippen LogP contribution >= 0.6 is 0 Å². The van der Waals surface area contributed by atoms with E-state index in [1.807, 2.05) is 20.4 Å². The molecule has 0 aliphatic heterocycles. The van der Waals surface area contributed by atoms with Gasteiger partial charge in [0, 0.05) is 19.8 Å². The van der Waals surface area contributed by atoms with Crippen LogP contribution in [0.5, 0.6) is 0 Å². The Bertz CT molecular complexity index is 595. The first-order valence-electron chi connectivity index (χ1n) is 7.76. The summed E-state index contributed by atoms with van der Waals surface area (Å²) in [5.74, 6) is -12.3. The SMILES string of the molecule is CCO[Si](C)(CCCNC(=O)c1c(F)c(F)c(F)c(F)c1F)OCC. The molecular formula is C15H20F5NO3Si. The van der Waals surface area contributed by atoms with Crippen molar-refractivity contribution in [1.29, 1.82) is 0 Å². The second-order valence-corrected chi connectivity index (χ2v) is 8.65. The first kappa shape index (κ1) is 21.5. The Morgan fingerprint density at radius 1 is 0.920 bits per heavy atom. The lowest BCUT2D eigenvalue weighted by atomic mass is 10.1. The molecule has 0 aliphatic rings. The standard InChI is InChI=1S/C15H20F5NO3Si/c1-4-23-25(3,24-5-2)8-6-7-21-15(22)9-10(16)12(18)14(20)13(19)11(9)17/h4-8H2,1-3H3,(H,21,22). The molecule has 1 aromatic carbocycles. The van der Waals surface area contributed by atoms with Gasteiger partial charge in [-0.1, -0.05) is 0 Å². The summed E-state index contributed by atoms with van der Waals surface area (Å²) >= 11 is 0. The van der Waals surface area contributed by atoms with Crippen LogP contribution in [-0.4, -0.2) is 34.2 Å². The molecular weight excluding hydrogens is 365 g/mol. The molecule has 0 saturated heterocycles. The zero-order valence-electron chi connectivity index (χ0n) is 14.2. The van der Waals surface area contributed by atoms with Crippen molar-refractivity contribution in [3.63, 3.8) is 0 Å². The average molecular weight is 385 g/mol. The predicted molar refractivity (Wildman–Crippen MR) is 82.9 cm³/mol. The first-order chi connectivity index (χ1) is 11.7. The highest BCUT2D eigenvalue weighted by atomic mass is 28.4. The molecule has 0 spiro atoms. The average Bonchev–Trinajstić information content (AvgIpc) is 2.56. The Hall–Kier alpha value is -1.52. The smallest absolute Gasteiger partial charge is 0.334 e. The van der Waals surface area contributed by atoms with Crippen LogP contribution in [-0.2, 0) is 8.85 Å². The van der Waals surface area contributed by atoms with Crippen LogP contribution in [0.2, 0.25) is 12.6 Å². The van der Waals surface area contributed by atoms with E-state index in [0.717, 1.165) is 0 Å². The predicted octanol–water partition coefficient (Wildman–Crippen LogP) is 3.65. The van der Waals surface area contributed by atoms with Crippen molar-refractivity contribution in [2.75, 3.05) is 19.8 Å². The van der Waals surface area contributed by atoms with Gasteiger partial charge in [-0.3, -0.25) is 4.79 Å². The largest absolute Gasteiger partial charge is 0.395 e. The summed E-state index contributed by atoms with van der Waals surface area (Å²) in [5.41, 5.74) is -1.49. The van der Waals surface area contributed by atoms with Crippen LogP contribution in [0.15, 0.2) is 0 Å². The Balaban J connectivity index is 2.73. The summed E-state index contributed by atoms with van der Waals surface area (Å²) in [6.45, 7) is 6.36. The zero-order valence-corrected chi connectivity index (χ0v) is 15.2. The fraction of sp³-hybridized carbons (Fsp3) is 0.533. The lowest BCUT2D eigenvalue weighted by Gasteiger charge is -2.25. The number of rotatable bonds is 9. The summed E-state index contributed by atoms with van der Waals surface area (Å²) in [5, 5.41) is 2.15. The Morgan fingerprint density at radius 2 is 1.36 bits per heavy atom. The van der Waals surface area contributed by atoms with Crippen LogP contribution in [0.1, 0.15) is 30.6 Å². The Kier molecular flexibility index (Phi) is 7.96. The number of hydrogen-bond donors (Lipinski definition) is 1. The maximum atomic E-state index is 13.5. The number of nitrogens with one attached hydrogen (secondary N) is 1. The Morgan fingerprint density at radius 3 is 1.80 bits per heavy atom. The van der Waals surface area contributed by atoms with Crippen LogP contribution in [0.25, 0.3) is 0 Å². The van der Waals surface area contributed by atoms with E-state index in [-0.39, 0.29) is 6.54 Å². The van der Waals surface area contributed by atoms with E-state index in [1.165, 1.54) is 0 Å². The van der Waals surface area contributed by atoms with Gasteiger partial charge in [0.15, 0.2) is 23.3 Å². The quantitative estimate of drug-likeness (QED) is 0.232. The van der Waals surface area contributed by atoms with Crippen molar-refractivity contribution in [1.82, 2.24) is 5.32 Å². The molecule has 25 heavy (non-hydrogen) atoms. The number of halogens is 5. The van der Waals surface area contributed by atoms with Gasteiger partial charge in [-0.05, 0) is 32.9 Å². The van der Waals surface area contributed by atoms with Crippen molar-refractivity contribution in [3.8, 4) is 0 Å². The van der Waals surface area contributed by atoms with Gasteiger partial charge in [0.2, 0.25) is 5.82 Å². The molecule has 0 fully saturated rings. The normalized spacial score (nSPS) is 11.7. The molecule has 0 radical (unpaired) electrons. The van der Waals surface area contributed by atoms with Crippen molar-refractivity contribution in [2.45, 2.75) is 32.9 Å². The molecule has 1 amide bonds. The van der Waals surface area contributed by atoms with E-state index >= 15 is 0 Å². The molecule has 0 atom stereocenters. The van der Waals surface area contributed by atoms with Gasteiger partial charge in [0.1, 0.15) is 5.56 Å². The molecule has 1 N–H and O–H groups in total. The zero-order chi connectivity index (χ0) is 19.2. The lowest BCUT2D eigenvalue weighted by molar-refractivity contribution is 0.0941. The van der Waals surface area contributed by atoms with Crippen LogP contribution in [0, 0.1) is 29.1 Å². The first-order valence-corrected chi connectivity index (χ1v) is 10.3. The van der Waals surface area contributed by atoms with Gasteiger partial charge in [0.05, 0.1) is 0 Å². The monoisotopic (exact) mass is 385 g/mol. The van der Waals surface area contributed by atoms with E-state index < -0.39 is 49.1 Å². The van der Waals surface area contributed by atoms with Crippen molar-refractivity contribution in [3.05, 3.63) is 34.6 Å². The maximum absolute atomic E-state index is 13.5. The minimum absolute atomic E-state index is 0.0267. The number of hydrogen-bond acceptors (Lipinski definition) is 3. The van der Waals surface area contributed by atoms with Gasteiger partial charge in [-0.25, -0.2) is 22.0 Å². The van der Waals surface area contributed by atoms with Crippen LogP contribution < -0.4 is 5.32 Å². The van der Waals surface area contributed by atoms with E-state index in [2.05, 4.69) is 5.32 Å². The molecule has 10 heteroatoms. The summed E-state index contributed by atoms with van der Waals surface area (Å²) in [6, 6.07) is 0.492. The van der Waals surface area contributed by atoms with E-state index in [4.69, 9.17) is 8.85 Å². The molecule has 0 heterocycles. The van der Waals surface area contributed by atoms with Crippen molar-refractivity contribution >= 4 is 14.5 Å². The maximum Gasteiger partial charge on any atom is 0.334 e. The van der Waals surface area contributed by atoms with Gasteiger partial charge in [0.25, 0.3) is 5.91 Å². The summed E-state index contributed by atoms with van der Waals surface area (Å²) in [6.07, 6.45) is 0.365. The summed E-state index contributed by atoms with van der Waals surface area (Å²) in [7, 11) is -2.42. The number of benzene rings is 1. The van der Waals surface area contributed by atoms with Crippen LogP contribution in [0.4, 0.5) is 22.0 Å². The third-order valence-electron chi connectivity index (χ3n) is 3.43. The molecule has 142 valence electrons. The molecule has 1 aromatic rings. The van der Waals surface area contributed by atoms with Gasteiger partial charge >= 0.3 is 8.56 Å². The fourth-order valence-electron chi connectivity index (χ4n) is 2.30. The summed E-state index contributed by atoms with van der Waals surface area (Å²) in [4.78, 5) is 11.8. The molecule has 4 nitrogen and oxygen atoms in total. The minimum Gasteiger partial charge on any atom is -0.395 e. The van der Waals surface area contributed by atoms with Crippen molar-refractivity contribution in [2.24, 2.45) is 0 Å². The van der Waals surface area contributed by atoms with Gasteiger partial charge in [-0.15, -0.1) is 0 Å². The highest BCUT2D eigenvalue weighted by molar-refractivity contribution is 6.66. The number of carbonyl (C=O) groups excluding carboxylic acids is 1. The van der Waals surface area contributed by atoms with Crippen molar-refractivity contribution < 1.29 is 35.6 Å². The second kappa shape index (κ2) is 9.25. The van der Waals surface area contributed by atoms with E-state index in [0.29, 0.717) is 25.7 Å². The fourth-order valence-corrected chi connectivity index (χ4v) is 4.71. The molecule has 1 rings (SSSR count). The summed E-state index contributed by atoms with van der Waals surface area (Å²) < 4.78 is 77.4. The molecule has 0 aliphatic carbocycles.